The lowest BCUT2D eigenvalue weighted by Crippen LogP contribution is -2.06. The lowest BCUT2D eigenvalue weighted by molar-refractivity contribution is -0.137. The molecule has 1 aromatic carbocycles. The van der Waals surface area contributed by atoms with Crippen LogP contribution in [0.2, 0.25) is 0 Å². The van der Waals surface area contributed by atoms with Gasteiger partial charge in [0.2, 0.25) is 0 Å². The number of carboxylic acid groups (broad SMARTS) is 1. The Morgan fingerprint density at radius 1 is 1.26 bits per heavy atom. The first-order chi connectivity index (χ1) is 8.95. The number of hydrogen-bond donors (Lipinski definition) is 1. The summed E-state index contributed by atoms with van der Waals surface area (Å²) in [7, 11) is 1.66. The van der Waals surface area contributed by atoms with E-state index in [-0.39, 0.29) is 6.42 Å². The molecule has 0 fully saturated rings. The molecule has 1 aromatic heterocycles. The molecule has 19 heavy (non-hydrogen) atoms. The number of carboxylic acids is 1. The fraction of sp³-hybridized carbons (Fsp3) is 0.400. The summed E-state index contributed by atoms with van der Waals surface area (Å²) in [5, 5.41) is 10.0. The molecular formula is C15H19NO3. The van der Waals surface area contributed by atoms with Crippen molar-refractivity contribution < 1.29 is 14.6 Å². The Hall–Kier alpha value is -1.97. The quantitative estimate of drug-likeness (QED) is 0.920. The summed E-state index contributed by atoms with van der Waals surface area (Å²) in [6, 6.07) is 4.10. The van der Waals surface area contributed by atoms with E-state index in [1.54, 1.807) is 7.11 Å². The minimum Gasteiger partial charge on any atom is -0.496 e. The van der Waals surface area contributed by atoms with E-state index < -0.39 is 5.97 Å². The van der Waals surface area contributed by atoms with Crippen molar-refractivity contribution in [1.82, 2.24) is 4.57 Å². The van der Waals surface area contributed by atoms with Crippen molar-refractivity contribution in [3.63, 3.8) is 0 Å². The Morgan fingerprint density at radius 3 is 2.53 bits per heavy atom. The smallest absolute Gasteiger partial charge is 0.305 e. The molecule has 102 valence electrons. The van der Waals surface area contributed by atoms with Crippen molar-refractivity contribution in [2.45, 2.75) is 33.7 Å². The Morgan fingerprint density at radius 2 is 1.95 bits per heavy atom. The summed E-state index contributed by atoms with van der Waals surface area (Å²) in [6.07, 6.45) is 0.125. The zero-order valence-electron chi connectivity index (χ0n) is 11.8. The Labute approximate surface area is 112 Å². The molecule has 0 bridgehead atoms. The van der Waals surface area contributed by atoms with Gasteiger partial charge in [-0.2, -0.15) is 0 Å². The molecule has 4 heteroatoms. The third-order valence-corrected chi connectivity index (χ3v) is 3.72. The summed E-state index contributed by atoms with van der Waals surface area (Å²) < 4.78 is 7.43. The number of carbonyl (C=O) groups is 1. The van der Waals surface area contributed by atoms with Crippen LogP contribution in [-0.4, -0.2) is 22.8 Å². The predicted molar refractivity (Wildman–Crippen MR) is 75.0 cm³/mol. The molecule has 0 unspecified atom stereocenters. The van der Waals surface area contributed by atoms with Gasteiger partial charge < -0.3 is 14.4 Å². The third kappa shape index (κ3) is 2.30. The van der Waals surface area contributed by atoms with Crippen LogP contribution >= 0.6 is 0 Å². The number of benzene rings is 1. The monoisotopic (exact) mass is 261 g/mol. The van der Waals surface area contributed by atoms with Crippen LogP contribution < -0.4 is 4.74 Å². The molecule has 0 saturated carbocycles. The average Bonchev–Trinajstić information content (AvgIpc) is 2.67. The van der Waals surface area contributed by atoms with Gasteiger partial charge in [0, 0.05) is 23.7 Å². The summed E-state index contributed by atoms with van der Waals surface area (Å²) in [5.74, 6) is 0.0664. The van der Waals surface area contributed by atoms with Gasteiger partial charge in [0.1, 0.15) is 5.75 Å². The number of hydrogen-bond acceptors (Lipinski definition) is 2. The maximum atomic E-state index is 10.7. The molecule has 4 nitrogen and oxygen atoms in total. The van der Waals surface area contributed by atoms with Crippen LogP contribution in [0.1, 0.15) is 23.2 Å². The van der Waals surface area contributed by atoms with E-state index in [4.69, 9.17) is 9.84 Å². The standard InChI is InChI=1S/C15H19NO3/c1-9-7-12-10(2)11(3)14(19-4)8-13(12)16(9)6-5-15(17)18/h7-8H,5-6H2,1-4H3,(H,17,18). The van der Waals surface area contributed by atoms with E-state index in [0.29, 0.717) is 6.54 Å². The number of aryl methyl sites for hydroxylation is 3. The van der Waals surface area contributed by atoms with Crippen molar-refractivity contribution in [3.05, 3.63) is 29.0 Å². The minimum atomic E-state index is -0.781. The van der Waals surface area contributed by atoms with Gasteiger partial charge in [0.15, 0.2) is 0 Å². The van der Waals surface area contributed by atoms with Crippen LogP contribution in [0.25, 0.3) is 10.9 Å². The molecular weight excluding hydrogens is 242 g/mol. The van der Waals surface area contributed by atoms with Crippen molar-refractivity contribution in [3.8, 4) is 5.75 Å². The number of rotatable bonds is 4. The summed E-state index contributed by atoms with van der Waals surface area (Å²) >= 11 is 0. The van der Waals surface area contributed by atoms with E-state index in [1.165, 1.54) is 10.9 Å². The number of aromatic nitrogens is 1. The summed E-state index contributed by atoms with van der Waals surface area (Å²) in [6.45, 7) is 6.60. The van der Waals surface area contributed by atoms with Crippen molar-refractivity contribution in [1.29, 1.82) is 0 Å². The second-order valence-corrected chi connectivity index (χ2v) is 4.84. The second-order valence-electron chi connectivity index (χ2n) is 4.84. The van der Waals surface area contributed by atoms with Crippen LogP contribution in [0.5, 0.6) is 5.75 Å². The van der Waals surface area contributed by atoms with Gasteiger partial charge >= 0.3 is 5.97 Å². The first-order valence-electron chi connectivity index (χ1n) is 6.31. The highest BCUT2D eigenvalue weighted by Crippen LogP contribution is 2.32. The van der Waals surface area contributed by atoms with Gasteiger partial charge in [0.05, 0.1) is 19.0 Å². The van der Waals surface area contributed by atoms with E-state index in [2.05, 4.69) is 13.0 Å². The molecule has 0 aliphatic heterocycles. The molecule has 0 atom stereocenters. The fourth-order valence-corrected chi connectivity index (χ4v) is 2.49. The van der Waals surface area contributed by atoms with Crippen molar-refractivity contribution >= 4 is 16.9 Å². The predicted octanol–water partition coefficient (Wildman–Crippen LogP) is 3.05. The van der Waals surface area contributed by atoms with Crippen molar-refractivity contribution in [2.75, 3.05) is 7.11 Å². The summed E-state index contributed by atoms with van der Waals surface area (Å²) in [4.78, 5) is 10.7. The maximum absolute atomic E-state index is 10.7. The zero-order chi connectivity index (χ0) is 14.2. The summed E-state index contributed by atoms with van der Waals surface area (Å²) in [5.41, 5.74) is 4.43. The first-order valence-corrected chi connectivity index (χ1v) is 6.31. The Bertz CT molecular complexity index is 641. The number of aliphatic carboxylic acids is 1. The van der Waals surface area contributed by atoms with E-state index in [0.717, 1.165) is 22.5 Å². The van der Waals surface area contributed by atoms with Crippen LogP contribution in [-0.2, 0) is 11.3 Å². The van der Waals surface area contributed by atoms with Gasteiger partial charge in [-0.15, -0.1) is 0 Å². The highest BCUT2D eigenvalue weighted by molar-refractivity contribution is 5.87. The van der Waals surface area contributed by atoms with Gasteiger partial charge in [-0.1, -0.05) is 0 Å². The number of ether oxygens (including phenoxy) is 1. The van der Waals surface area contributed by atoms with E-state index >= 15 is 0 Å². The molecule has 1 N–H and O–H groups in total. The van der Waals surface area contributed by atoms with Gasteiger partial charge in [-0.25, -0.2) is 0 Å². The average molecular weight is 261 g/mol. The highest BCUT2D eigenvalue weighted by atomic mass is 16.5. The molecule has 2 rings (SSSR count). The normalized spacial score (nSPS) is 10.9. The Kier molecular flexibility index (Phi) is 3.51. The molecule has 0 amide bonds. The number of nitrogens with zero attached hydrogens (tertiary/aromatic N) is 1. The molecule has 0 spiro atoms. The highest BCUT2D eigenvalue weighted by Gasteiger charge is 2.13. The fourth-order valence-electron chi connectivity index (χ4n) is 2.49. The van der Waals surface area contributed by atoms with Crippen LogP contribution in [0.3, 0.4) is 0 Å². The third-order valence-electron chi connectivity index (χ3n) is 3.72. The largest absolute Gasteiger partial charge is 0.496 e. The maximum Gasteiger partial charge on any atom is 0.305 e. The zero-order valence-corrected chi connectivity index (χ0v) is 11.8. The molecule has 0 saturated heterocycles. The molecule has 1 heterocycles. The SMILES string of the molecule is COc1cc2c(cc(C)n2CCC(=O)O)c(C)c1C. The number of methoxy groups -OCH3 is 1. The van der Waals surface area contributed by atoms with Gasteiger partial charge in [-0.05, 0) is 38.0 Å². The molecule has 2 aromatic rings. The van der Waals surface area contributed by atoms with Gasteiger partial charge in [0.25, 0.3) is 0 Å². The second kappa shape index (κ2) is 4.96. The molecule has 0 radical (unpaired) electrons. The van der Waals surface area contributed by atoms with Gasteiger partial charge in [-0.3, -0.25) is 4.79 Å². The van der Waals surface area contributed by atoms with Crippen molar-refractivity contribution in [2.24, 2.45) is 0 Å². The number of fused-ring (bicyclic) bond motifs is 1. The molecule has 0 aliphatic rings. The van der Waals surface area contributed by atoms with E-state index in [1.807, 2.05) is 24.5 Å². The van der Waals surface area contributed by atoms with E-state index in [9.17, 15) is 4.79 Å². The topological polar surface area (TPSA) is 51.5 Å². The minimum absolute atomic E-state index is 0.125. The lowest BCUT2D eigenvalue weighted by atomic mass is 10.0. The lowest BCUT2D eigenvalue weighted by Gasteiger charge is -2.11. The first kappa shape index (κ1) is 13.5. The van der Waals surface area contributed by atoms with Crippen LogP contribution in [0.4, 0.5) is 0 Å². The molecule has 0 aliphatic carbocycles. The van der Waals surface area contributed by atoms with Crippen LogP contribution in [0, 0.1) is 20.8 Å². The van der Waals surface area contributed by atoms with Crippen LogP contribution in [0.15, 0.2) is 12.1 Å². The Balaban J connectivity index is 2.61.